The lowest BCUT2D eigenvalue weighted by Gasteiger charge is -2.30. The molecule has 0 bridgehead atoms. The van der Waals surface area contributed by atoms with Gasteiger partial charge in [-0.05, 0) is 54.5 Å². The van der Waals surface area contributed by atoms with Gasteiger partial charge in [-0.25, -0.2) is 4.39 Å². The van der Waals surface area contributed by atoms with Crippen molar-refractivity contribution in [2.75, 3.05) is 7.11 Å². The first-order valence-electron chi connectivity index (χ1n) is 12.0. The molecule has 1 heterocycles. The van der Waals surface area contributed by atoms with Crippen molar-refractivity contribution < 1.29 is 18.7 Å². The maximum atomic E-state index is 13.9. The highest BCUT2D eigenvalue weighted by Gasteiger charge is 2.38. The molecule has 2 atom stereocenters. The first-order valence-corrected chi connectivity index (χ1v) is 12.0. The number of methoxy groups -OCH3 is 1. The third-order valence-corrected chi connectivity index (χ3v) is 6.64. The van der Waals surface area contributed by atoms with Gasteiger partial charge in [-0.3, -0.25) is 9.59 Å². The van der Waals surface area contributed by atoms with Crippen molar-refractivity contribution in [3.63, 3.8) is 0 Å². The molecule has 182 valence electrons. The van der Waals surface area contributed by atoms with Crippen LogP contribution in [-0.4, -0.2) is 24.5 Å². The van der Waals surface area contributed by atoms with Gasteiger partial charge in [0, 0.05) is 18.4 Å². The fourth-order valence-corrected chi connectivity index (χ4v) is 4.79. The summed E-state index contributed by atoms with van der Waals surface area (Å²) in [5, 5.41) is 6.30. The van der Waals surface area contributed by atoms with Crippen LogP contribution < -0.4 is 15.4 Å². The van der Waals surface area contributed by atoms with Crippen molar-refractivity contribution in [1.29, 1.82) is 0 Å². The SMILES string of the molecule is COc1cc(C[C@]2(CCC(=O)N[C@@H](Cc3ccccc3)c3ccccc3)CCC(=O)N2)ccc1F. The Morgan fingerprint density at radius 3 is 2.43 bits per heavy atom. The number of ether oxygens (including phenoxy) is 1. The fourth-order valence-electron chi connectivity index (χ4n) is 4.79. The Balaban J connectivity index is 1.45. The summed E-state index contributed by atoms with van der Waals surface area (Å²) >= 11 is 0. The van der Waals surface area contributed by atoms with Gasteiger partial charge in [-0.15, -0.1) is 0 Å². The third-order valence-electron chi connectivity index (χ3n) is 6.64. The minimum atomic E-state index is -0.543. The molecule has 35 heavy (non-hydrogen) atoms. The van der Waals surface area contributed by atoms with Crippen LogP contribution in [0.3, 0.4) is 0 Å². The summed E-state index contributed by atoms with van der Waals surface area (Å²) in [5.41, 5.74) is 2.51. The molecular formula is C29H31FN2O3. The van der Waals surface area contributed by atoms with Crippen molar-refractivity contribution in [1.82, 2.24) is 10.6 Å². The summed E-state index contributed by atoms with van der Waals surface area (Å²) in [6.07, 6.45) is 3.02. The smallest absolute Gasteiger partial charge is 0.220 e. The van der Waals surface area contributed by atoms with Gasteiger partial charge in [0.25, 0.3) is 0 Å². The Morgan fingerprint density at radius 2 is 1.77 bits per heavy atom. The van der Waals surface area contributed by atoms with Crippen LogP contribution in [0.5, 0.6) is 5.75 Å². The highest BCUT2D eigenvalue weighted by atomic mass is 19.1. The second kappa shape index (κ2) is 11.2. The number of carbonyl (C=O) groups excluding carboxylic acids is 2. The molecule has 3 aromatic carbocycles. The van der Waals surface area contributed by atoms with Crippen LogP contribution in [0.4, 0.5) is 4.39 Å². The lowest BCUT2D eigenvalue weighted by Crippen LogP contribution is -2.44. The maximum absolute atomic E-state index is 13.9. The molecule has 0 aliphatic carbocycles. The predicted molar refractivity (Wildman–Crippen MR) is 133 cm³/mol. The zero-order valence-electron chi connectivity index (χ0n) is 19.9. The molecular weight excluding hydrogens is 443 g/mol. The standard InChI is InChI=1S/C29H31FN2O3/c1-35-26-19-22(12-13-24(26)30)20-29(17-15-28(34)32-29)16-14-27(33)31-25(23-10-6-3-7-11-23)18-21-8-4-2-5-9-21/h2-13,19,25H,14-18,20H2,1H3,(H,31,33)(H,32,34)/t25-,29-/m0/s1. The van der Waals surface area contributed by atoms with Gasteiger partial charge in [-0.1, -0.05) is 66.7 Å². The summed E-state index contributed by atoms with van der Waals surface area (Å²) in [6.45, 7) is 0. The molecule has 2 N–H and O–H groups in total. The minimum absolute atomic E-state index is 0.0225. The normalized spacial score (nSPS) is 18.1. The summed E-state index contributed by atoms with van der Waals surface area (Å²) in [5.74, 6) is -0.338. The van der Waals surface area contributed by atoms with Crippen molar-refractivity contribution in [3.8, 4) is 5.75 Å². The average molecular weight is 475 g/mol. The van der Waals surface area contributed by atoms with Crippen molar-refractivity contribution >= 4 is 11.8 Å². The van der Waals surface area contributed by atoms with Crippen LogP contribution in [0.1, 0.15) is 48.4 Å². The van der Waals surface area contributed by atoms with E-state index in [9.17, 15) is 14.0 Å². The van der Waals surface area contributed by atoms with E-state index < -0.39 is 11.4 Å². The number of halogens is 1. The van der Waals surface area contributed by atoms with E-state index in [1.807, 2.05) is 48.5 Å². The van der Waals surface area contributed by atoms with Crippen molar-refractivity contribution in [2.45, 2.75) is 50.1 Å². The summed E-state index contributed by atoms with van der Waals surface area (Å²) in [4.78, 5) is 25.2. The molecule has 0 spiro atoms. The Kier molecular flexibility index (Phi) is 7.80. The second-order valence-electron chi connectivity index (χ2n) is 9.19. The number of benzene rings is 3. The molecule has 1 aliphatic heterocycles. The number of hydrogen-bond acceptors (Lipinski definition) is 3. The molecule has 0 saturated carbocycles. The van der Waals surface area contributed by atoms with Crippen molar-refractivity contribution in [2.24, 2.45) is 0 Å². The quantitative estimate of drug-likeness (QED) is 0.439. The van der Waals surface area contributed by atoms with Crippen LogP contribution in [0.15, 0.2) is 78.9 Å². The predicted octanol–water partition coefficient (Wildman–Crippen LogP) is 4.91. The number of hydrogen-bond donors (Lipinski definition) is 2. The van der Waals surface area contributed by atoms with E-state index in [1.165, 1.54) is 13.2 Å². The lowest BCUT2D eigenvalue weighted by molar-refractivity contribution is -0.123. The first kappa shape index (κ1) is 24.5. The number of amides is 2. The van der Waals surface area contributed by atoms with Crippen LogP contribution in [0, 0.1) is 5.82 Å². The monoisotopic (exact) mass is 474 g/mol. The van der Waals surface area contributed by atoms with Crippen LogP contribution in [-0.2, 0) is 22.4 Å². The Bertz CT molecular complexity index is 1150. The maximum Gasteiger partial charge on any atom is 0.220 e. The van der Waals surface area contributed by atoms with Crippen molar-refractivity contribution in [3.05, 3.63) is 101 Å². The Morgan fingerprint density at radius 1 is 1.06 bits per heavy atom. The van der Waals surface area contributed by atoms with E-state index >= 15 is 0 Å². The summed E-state index contributed by atoms with van der Waals surface area (Å²) < 4.78 is 19.0. The molecule has 1 aliphatic rings. The van der Waals surface area contributed by atoms with Gasteiger partial charge >= 0.3 is 0 Å². The van der Waals surface area contributed by atoms with Crippen LogP contribution in [0.2, 0.25) is 0 Å². The van der Waals surface area contributed by atoms with E-state index in [0.29, 0.717) is 32.1 Å². The molecule has 2 amide bonds. The first-order chi connectivity index (χ1) is 17.0. The van der Waals surface area contributed by atoms with Gasteiger partial charge in [0.15, 0.2) is 11.6 Å². The van der Waals surface area contributed by atoms with E-state index in [1.54, 1.807) is 12.1 Å². The second-order valence-corrected chi connectivity index (χ2v) is 9.19. The minimum Gasteiger partial charge on any atom is -0.494 e. The van der Waals surface area contributed by atoms with E-state index in [4.69, 9.17) is 4.74 Å². The van der Waals surface area contributed by atoms with Gasteiger partial charge in [-0.2, -0.15) is 0 Å². The van der Waals surface area contributed by atoms with Gasteiger partial charge in [0.1, 0.15) is 0 Å². The molecule has 0 aromatic heterocycles. The molecule has 0 unspecified atom stereocenters. The van der Waals surface area contributed by atoms with E-state index in [2.05, 4.69) is 22.8 Å². The molecule has 1 saturated heterocycles. The fraction of sp³-hybridized carbons (Fsp3) is 0.310. The molecule has 0 radical (unpaired) electrons. The largest absolute Gasteiger partial charge is 0.494 e. The molecule has 3 aromatic rings. The number of rotatable bonds is 10. The zero-order valence-corrected chi connectivity index (χ0v) is 19.9. The van der Waals surface area contributed by atoms with Crippen LogP contribution in [0.25, 0.3) is 0 Å². The Hall–Kier alpha value is -3.67. The average Bonchev–Trinajstić information content (AvgIpc) is 3.25. The van der Waals surface area contributed by atoms with Gasteiger partial charge in [0.05, 0.1) is 13.2 Å². The van der Waals surface area contributed by atoms with E-state index in [-0.39, 0.29) is 30.0 Å². The lowest BCUT2D eigenvalue weighted by atomic mass is 9.84. The third kappa shape index (κ3) is 6.47. The van der Waals surface area contributed by atoms with Gasteiger partial charge < -0.3 is 15.4 Å². The molecule has 4 rings (SSSR count). The van der Waals surface area contributed by atoms with E-state index in [0.717, 1.165) is 16.7 Å². The zero-order chi connectivity index (χ0) is 24.7. The van der Waals surface area contributed by atoms with Crippen LogP contribution >= 0.6 is 0 Å². The molecule has 6 heteroatoms. The summed E-state index contributed by atoms with van der Waals surface area (Å²) in [7, 11) is 1.43. The Labute approximate surface area is 205 Å². The molecule has 5 nitrogen and oxygen atoms in total. The number of carbonyl (C=O) groups is 2. The highest BCUT2D eigenvalue weighted by Crippen LogP contribution is 2.31. The van der Waals surface area contributed by atoms with Gasteiger partial charge in [0.2, 0.25) is 11.8 Å². The summed E-state index contributed by atoms with van der Waals surface area (Å²) in [6, 6.07) is 24.6. The highest BCUT2D eigenvalue weighted by molar-refractivity contribution is 5.80. The molecule has 1 fully saturated rings. The number of nitrogens with one attached hydrogen (secondary N) is 2. The topological polar surface area (TPSA) is 67.4 Å².